The van der Waals surface area contributed by atoms with Crippen LogP contribution in [0.3, 0.4) is 0 Å². The van der Waals surface area contributed by atoms with Crippen LogP contribution in [0.25, 0.3) is 0 Å². The third kappa shape index (κ3) is 2.18. The van der Waals surface area contributed by atoms with Crippen LogP contribution in [0.5, 0.6) is 0 Å². The highest BCUT2D eigenvalue weighted by atomic mass is 16.3. The molecule has 0 radical (unpaired) electrons. The Morgan fingerprint density at radius 1 is 1.39 bits per heavy atom. The topological polar surface area (TPSA) is 38.1 Å². The molecular formula is C15H18N2O. The van der Waals surface area contributed by atoms with Gasteiger partial charge in [-0.25, -0.2) is 0 Å². The molecule has 2 atom stereocenters. The van der Waals surface area contributed by atoms with E-state index in [1.54, 1.807) is 6.26 Å². The predicted octanol–water partition coefficient (Wildman–Crippen LogP) is 3.40. The molecule has 3 rings (SSSR count). The normalized spacial score (nSPS) is 20.4. The van der Waals surface area contributed by atoms with Crippen molar-refractivity contribution in [2.24, 2.45) is 0 Å². The molecule has 0 aromatic carbocycles. The van der Waals surface area contributed by atoms with Crippen LogP contribution in [-0.2, 0) is 6.42 Å². The van der Waals surface area contributed by atoms with E-state index in [4.69, 9.17) is 4.42 Å². The summed E-state index contributed by atoms with van der Waals surface area (Å²) >= 11 is 0. The number of nitrogens with one attached hydrogen (secondary N) is 1. The number of aryl methyl sites for hydroxylation is 1. The molecule has 3 nitrogen and oxygen atoms in total. The van der Waals surface area contributed by atoms with Crippen LogP contribution in [0, 0.1) is 0 Å². The third-order valence-corrected chi connectivity index (χ3v) is 3.62. The Bertz CT molecular complexity index is 507. The first-order valence-corrected chi connectivity index (χ1v) is 6.58. The van der Waals surface area contributed by atoms with E-state index < -0.39 is 0 Å². The van der Waals surface area contributed by atoms with E-state index in [0.29, 0.717) is 6.04 Å². The number of aromatic nitrogens is 1. The van der Waals surface area contributed by atoms with Crippen LogP contribution in [0.4, 0.5) is 0 Å². The lowest BCUT2D eigenvalue weighted by molar-refractivity contribution is 0.362. The molecule has 1 aliphatic carbocycles. The smallest absolute Gasteiger partial charge is 0.120 e. The SMILES string of the molecule is C[C@@H](NC1CCCc2cccnc21)c1ccco1. The van der Waals surface area contributed by atoms with Crippen LogP contribution in [-0.4, -0.2) is 4.98 Å². The summed E-state index contributed by atoms with van der Waals surface area (Å²) in [6, 6.07) is 8.72. The molecule has 94 valence electrons. The summed E-state index contributed by atoms with van der Waals surface area (Å²) in [7, 11) is 0. The Labute approximate surface area is 107 Å². The average molecular weight is 242 g/mol. The van der Waals surface area contributed by atoms with Gasteiger partial charge in [-0.15, -0.1) is 0 Å². The Morgan fingerprint density at radius 3 is 3.17 bits per heavy atom. The molecule has 18 heavy (non-hydrogen) atoms. The maximum absolute atomic E-state index is 5.44. The van der Waals surface area contributed by atoms with Gasteiger partial charge in [0.05, 0.1) is 24.0 Å². The minimum atomic E-state index is 0.220. The van der Waals surface area contributed by atoms with Crippen molar-refractivity contribution in [1.29, 1.82) is 0 Å². The van der Waals surface area contributed by atoms with Gasteiger partial charge in [-0.3, -0.25) is 10.3 Å². The number of hydrogen-bond donors (Lipinski definition) is 1. The van der Waals surface area contributed by atoms with Crippen molar-refractivity contribution in [1.82, 2.24) is 10.3 Å². The van der Waals surface area contributed by atoms with E-state index in [9.17, 15) is 0 Å². The Hall–Kier alpha value is -1.61. The van der Waals surface area contributed by atoms with E-state index in [-0.39, 0.29) is 6.04 Å². The van der Waals surface area contributed by atoms with Gasteiger partial charge >= 0.3 is 0 Å². The zero-order chi connectivity index (χ0) is 12.4. The quantitative estimate of drug-likeness (QED) is 0.896. The van der Waals surface area contributed by atoms with E-state index >= 15 is 0 Å². The molecule has 0 aliphatic heterocycles. The molecule has 1 unspecified atom stereocenters. The molecule has 2 aromatic heterocycles. The number of hydrogen-bond acceptors (Lipinski definition) is 3. The van der Waals surface area contributed by atoms with Crippen LogP contribution in [0.2, 0.25) is 0 Å². The standard InChI is InChI=1S/C15H18N2O/c1-11(14-8-4-10-18-14)17-13-7-2-5-12-6-3-9-16-15(12)13/h3-4,6,8-11,13,17H,2,5,7H2,1H3/t11-,13?/m1/s1. The summed E-state index contributed by atoms with van der Waals surface area (Å²) in [6.45, 7) is 2.13. The molecule has 2 heterocycles. The largest absolute Gasteiger partial charge is 0.468 e. The monoisotopic (exact) mass is 242 g/mol. The number of nitrogens with zero attached hydrogens (tertiary/aromatic N) is 1. The van der Waals surface area contributed by atoms with Gasteiger partial charge in [-0.2, -0.15) is 0 Å². The summed E-state index contributed by atoms with van der Waals surface area (Å²) in [5.41, 5.74) is 2.59. The summed E-state index contributed by atoms with van der Waals surface area (Å²) in [6.07, 6.45) is 7.13. The zero-order valence-electron chi connectivity index (χ0n) is 10.6. The van der Waals surface area contributed by atoms with Crippen molar-refractivity contribution in [3.63, 3.8) is 0 Å². The fraction of sp³-hybridized carbons (Fsp3) is 0.400. The first-order valence-electron chi connectivity index (χ1n) is 6.58. The second kappa shape index (κ2) is 4.94. The van der Waals surface area contributed by atoms with Crippen LogP contribution >= 0.6 is 0 Å². The maximum Gasteiger partial charge on any atom is 0.120 e. The van der Waals surface area contributed by atoms with Crippen LogP contribution in [0.1, 0.15) is 48.9 Å². The van der Waals surface area contributed by atoms with Gasteiger partial charge in [-0.1, -0.05) is 6.07 Å². The van der Waals surface area contributed by atoms with Gasteiger partial charge in [0.15, 0.2) is 0 Å². The van der Waals surface area contributed by atoms with Gasteiger partial charge < -0.3 is 4.42 Å². The maximum atomic E-state index is 5.44. The molecular weight excluding hydrogens is 224 g/mol. The lowest BCUT2D eigenvalue weighted by atomic mass is 9.91. The minimum absolute atomic E-state index is 0.220. The van der Waals surface area contributed by atoms with Crippen molar-refractivity contribution in [2.75, 3.05) is 0 Å². The molecule has 2 aromatic rings. The molecule has 1 aliphatic rings. The highest BCUT2D eigenvalue weighted by molar-refractivity contribution is 5.25. The lowest BCUT2D eigenvalue weighted by Crippen LogP contribution is -2.28. The van der Waals surface area contributed by atoms with E-state index in [2.05, 4.69) is 23.3 Å². The van der Waals surface area contributed by atoms with Crippen molar-refractivity contribution < 1.29 is 4.42 Å². The zero-order valence-corrected chi connectivity index (χ0v) is 10.6. The number of pyridine rings is 1. The fourth-order valence-electron chi connectivity index (χ4n) is 2.69. The second-order valence-electron chi connectivity index (χ2n) is 4.90. The van der Waals surface area contributed by atoms with Crippen LogP contribution < -0.4 is 5.32 Å². The van der Waals surface area contributed by atoms with Gasteiger partial charge in [0.1, 0.15) is 5.76 Å². The molecule has 1 N–H and O–H groups in total. The van der Waals surface area contributed by atoms with Crippen LogP contribution in [0.15, 0.2) is 41.1 Å². The minimum Gasteiger partial charge on any atom is -0.468 e. The molecule has 0 saturated heterocycles. The predicted molar refractivity (Wildman–Crippen MR) is 70.2 cm³/mol. The van der Waals surface area contributed by atoms with Crippen molar-refractivity contribution in [3.05, 3.63) is 53.7 Å². The Morgan fingerprint density at radius 2 is 2.33 bits per heavy atom. The Balaban J connectivity index is 1.78. The highest BCUT2D eigenvalue weighted by Crippen LogP contribution is 2.30. The summed E-state index contributed by atoms with van der Waals surface area (Å²) in [4.78, 5) is 4.54. The van der Waals surface area contributed by atoms with Gasteiger partial charge in [0, 0.05) is 6.20 Å². The number of furan rings is 1. The average Bonchev–Trinajstić information content (AvgIpc) is 2.93. The summed E-state index contributed by atoms with van der Waals surface area (Å²) in [5.74, 6) is 0.984. The molecule has 0 amide bonds. The van der Waals surface area contributed by atoms with Crippen molar-refractivity contribution in [3.8, 4) is 0 Å². The van der Waals surface area contributed by atoms with E-state index in [1.165, 1.54) is 17.7 Å². The Kier molecular flexibility index (Phi) is 3.15. The molecule has 0 fully saturated rings. The molecule has 0 bridgehead atoms. The van der Waals surface area contributed by atoms with E-state index in [1.807, 2.05) is 24.4 Å². The second-order valence-corrected chi connectivity index (χ2v) is 4.90. The summed E-state index contributed by atoms with van der Waals surface area (Å²) < 4.78 is 5.44. The van der Waals surface area contributed by atoms with E-state index in [0.717, 1.165) is 18.6 Å². The van der Waals surface area contributed by atoms with Crippen molar-refractivity contribution in [2.45, 2.75) is 38.3 Å². The third-order valence-electron chi connectivity index (χ3n) is 3.62. The van der Waals surface area contributed by atoms with Crippen molar-refractivity contribution >= 4 is 0 Å². The first-order chi connectivity index (χ1) is 8.84. The molecule has 0 spiro atoms. The summed E-state index contributed by atoms with van der Waals surface area (Å²) in [5, 5.41) is 3.62. The highest BCUT2D eigenvalue weighted by Gasteiger charge is 2.23. The van der Waals surface area contributed by atoms with Gasteiger partial charge in [0.25, 0.3) is 0 Å². The first kappa shape index (κ1) is 11.5. The fourth-order valence-corrected chi connectivity index (χ4v) is 2.69. The number of fused-ring (bicyclic) bond motifs is 1. The molecule has 0 saturated carbocycles. The van der Waals surface area contributed by atoms with Gasteiger partial charge in [-0.05, 0) is 49.9 Å². The van der Waals surface area contributed by atoms with Gasteiger partial charge in [0.2, 0.25) is 0 Å². The number of rotatable bonds is 3. The lowest BCUT2D eigenvalue weighted by Gasteiger charge is -2.27. The molecule has 3 heteroatoms.